The first-order chi connectivity index (χ1) is 13.6. The number of piperidine rings is 1. The van der Waals surface area contributed by atoms with E-state index >= 15 is 0 Å². The molecule has 0 aliphatic carbocycles. The number of aromatic nitrogens is 2. The molecule has 0 bridgehead atoms. The van der Waals surface area contributed by atoms with E-state index in [2.05, 4.69) is 4.98 Å². The van der Waals surface area contributed by atoms with E-state index in [1.54, 1.807) is 6.33 Å². The van der Waals surface area contributed by atoms with Gasteiger partial charge in [0, 0.05) is 20.1 Å². The molecule has 154 valence electrons. The number of nitrogens with zero attached hydrogens (tertiary/aromatic N) is 3. The lowest BCUT2D eigenvalue weighted by molar-refractivity contribution is -0.137. The van der Waals surface area contributed by atoms with E-state index in [0.29, 0.717) is 25.5 Å². The Bertz CT molecular complexity index is 1050. The molecule has 1 aliphatic heterocycles. The highest BCUT2D eigenvalue weighted by Gasteiger charge is 2.36. The molecule has 2 heterocycles. The zero-order chi connectivity index (χ0) is 20.8. The Morgan fingerprint density at radius 3 is 2.72 bits per heavy atom. The van der Waals surface area contributed by atoms with Gasteiger partial charge in [-0.3, -0.25) is 4.90 Å². The van der Waals surface area contributed by atoms with Gasteiger partial charge in [-0.1, -0.05) is 6.07 Å². The SMILES string of the molecule is Cn1cnc2ccc([C@@]3(O)CCCN(Cc4cc(F)cc(C(F)(F)F)c4)C3)cc21. The first-order valence-electron chi connectivity index (χ1n) is 9.37. The first-order valence-corrected chi connectivity index (χ1v) is 9.37. The van der Waals surface area contributed by atoms with Gasteiger partial charge in [0.05, 0.1) is 22.9 Å². The van der Waals surface area contributed by atoms with Crippen LogP contribution in [-0.2, 0) is 25.4 Å². The van der Waals surface area contributed by atoms with Gasteiger partial charge in [0.1, 0.15) is 11.4 Å². The van der Waals surface area contributed by atoms with Crippen molar-refractivity contribution in [1.82, 2.24) is 14.5 Å². The van der Waals surface area contributed by atoms with Crippen molar-refractivity contribution in [3.63, 3.8) is 0 Å². The quantitative estimate of drug-likeness (QED) is 0.662. The Hall–Kier alpha value is -2.45. The topological polar surface area (TPSA) is 41.3 Å². The molecule has 1 saturated heterocycles. The Kier molecular flexibility index (Phi) is 4.86. The highest BCUT2D eigenvalue weighted by atomic mass is 19.4. The molecule has 0 saturated carbocycles. The molecule has 0 radical (unpaired) electrons. The van der Waals surface area contributed by atoms with Gasteiger partial charge in [0.2, 0.25) is 0 Å². The van der Waals surface area contributed by atoms with E-state index in [0.717, 1.165) is 28.7 Å². The van der Waals surface area contributed by atoms with E-state index in [9.17, 15) is 22.7 Å². The van der Waals surface area contributed by atoms with Crippen LogP contribution in [0.1, 0.15) is 29.5 Å². The minimum Gasteiger partial charge on any atom is -0.384 e. The minimum absolute atomic E-state index is 0.136. The number of hydrogen-bond acceptors (Lipinski definition) is 3. The van der Waals surface area contributed by atoms with E-state index in [1.807, 2.05) is 34.7 Å². The summed E-state index contributed by atoms with van der Waals surface area (Å²) in [5.74, 6) is -0.913. The van der Waals surface area contributed by atoms with E-state index < -0.39 is 23.2 Å². The van der Waals surface area contributed by atoms with Gasteiger partial charge >= 0.3 is 6.18 Å². The number of β-amino-alcohol motifs (C(OH)–C–C–N with tert-alkyl or cyclic N) is 1. The second-order valence-corrected chi connectivity index (χ2v) is 7.75. The molecule has 29 heavy (non-hydrogen) atoms. The van der Waals surface area contributed by atoms with Crippen LogP contribution >= 0.6 is 0 Å². The molecule has 4 nitrogen and oxygen atoms in total. The third kappa shape index (κ3) is 4.00. The van der Waals surface area contributed by atoms with Crippen LogP contribution in [0.25, 0.3) is 11.0 Å². The molecule has 1 fully saturated rings. The normalized spacial score (nSPS) is 21.0. The molecule has 1 N–H and O–H groups in total. The van der Waals surface area contributed by atoms with Crippen molar-refractivity contribution in [3.05, 3.63) is 65.2 Å². The summed E-state index contributed by atoms with van der Waals surface area (Å²) in [5.41, 5.74) is 0.579. The Balaban J connectivity index is 1.58. The van der Waals surface area contributed by atoms with Crippen LogP contribution in [0.15, 0.2) is 42.7 Å². The molecule has 0 amide bonds. The summed E-state index contributed by atoms with van der Waals surface area (Å²) in [5, 5.41) is 11.3. The fraction of sp³-hybridized carbons (Fsp3) is 0.381. The summed E-state index contributed by atoms with van der Waals surface area (Å²) in [6.07, 6.45) is -1.67. The average Bonchev–Trinajstić information content (AvgIpc) is 3.01. The van der Waals surface area contributed by atoms with Gasteiger partial charge in [-0.25, -0.2) is 9.37 Å². The number of hydrogen-bond donors (Lipinski definition) is 1. The first kappa shape index (κ1) is 19.8. The van der Waals surface area contributed by atoms with Crippen molar-refractivity contribution in [2.45, 2.75) is 31.2 Å². The third-order valence-corrected chi connectivity index (χ3v) is 5.50. The van der Waals surface area contributed by atoms with E-state index in [4.69, 9.17) is 0 Å². The van der Waals surface area contributed by atoms with Crippen molar-refractivity contribution in [2.75, 3.05) is 13.1 Å². The highest BCUT2D eigenvalue weighted by Crippen LogP contribution is 2.35. The standard InChI is InChI=1S/C21H21F4N3O/c1-27-13-26-18-4-3-15(10-19(18)27)20(29)5-2-6-28(12-20)11-14-7-16(21(23,24)25)9-17(22)8-14/h3-4,7-10,13,29H,2,5-6,11-12H2,1H3/t20-/m1/s1. The lowest BCUT2D eigenvalue weighted by Crippen LogP contribution is -2.45. The number of alkyl halides is 3. The lowest BCUT2D eigenvalue weighted by Gasteiger charge is -2.39. The summed E-state index contributed by atoms with van der Waals surface area (Å²) in [4.78, 5) is 6.14. The molecule has 2 aromatic carbocycles. The molecular weight excluding hydrogens is 386 g/mol. The lowest BCUT2D eigenvalue weighted by atomic mass is 9.85. The van der Waals surface area contributed by atoms with E-state index in [-0.39, 0.29) is 18.7 Å². The number of aliphatic hydroxyl groups is 1. The van der Waals surface area contributed by atoms with Gasteiger partial charge in [-0.2, -0.15) is 13.2 Å². The van der Waals surface area contributed by atoms with Crippen molar-refractivity contribution >= 4 is 11.0 Å². The van der Waals surface area contributed by atoms with Crippen LogP contribution in [0.3, 0.4) is 0 Å². The third-order valence-electron chi connectivity index (χ3n) is 5.50. The second kappa shape index (κ2) is 7.11. The molecule has 4 rings (SSSR count). The van der Waals surface area contributed by atoms with Gasteiger partial charge < -0.3 is 9.67 Å². The van der Waals surface area contributed by atoms with E-state index in [1.165, 1.54) is 0 Å². The predicted octanol–water partition coefficient (Wildman–Crippen LogP) is 4.21. The highest BCUT2D eigenvalue weighted by molar-refractivity contribution is 5.76. The molecular formula is C21H21F4N3O. The van der Waals surface area contributed by atoms with Gasteiger partial charge in [-0.05, 0) is 60.8 Å². The van der Waals surface area contributed by atoms with Crippen LogP contribution in [0.5, 0.6) is 0 Å². The van der Waals surface area contributed by atoms with Crippen molar-refractivity contribution < 1.29 is 22.7 Å². The summed E-state index contributed by atoms with van der Waals surface area (Å²) in [6.45, 7) is 1.01. The number of rotatable bonds is 3. The maximum atomic E-state index is 13.7. The number of likely N-dealkylation sites (tertiary alicyclic amines) is 1. The molecule has 3 aromatic rings. The summed E-state index contributed by atoms with van der Waals surface area (Å²) < 4.78 is 54.5. The molecule has 1 aromatic heterocycles. The zero-order valence-electron chi connectivity index (χ0n) is 15.9. The maximum absolute atomic E-state index is 13.7. The van der Waals surface area contributed by atoms with Crippen LogP contribution in [-0.4, -0.2) is 32.6 Å². The number of aryl methyl sites for hydroxylation is 1. The Labute approximate surface area is 165 Å². The van der Waals surface area contributed by atoms with Crippen LogP contribution < -0.4 is 0 Å². The minimum atomic E-state index is -4.60. The van der Waals surface area contributed by atoms with Gasteiger partial charge in [-0.15, -0.1) is 0 Å². The van der Waals surface area contributed by atoms with Crippen molar-refractivity contribution in [3.8, 4) is 0 Å². The van der Waals surface area contributed by atoms with Crippen LogP contribution in [0.4, 0.5) is 17.6 Å². The van der Waals surface area contributed by atoms with Crippen LogP contribution in [0.2, 0.25) is 0 Å². The largest absolute Gasteiger partial charge is 0.416 e. The van der Waals surface area contributed by atoms with Gasteiger partial charge in [0.25, 0.3) is 0 Å². The molecule has 1 aliphatic rings. The zero-order valence-corrected chi connectivity index (χ0v) is 15.9. The fourth-order valence-corrected chi connectivity index (χ4v) is 4.07. The molecule has 1 atom stereocenters. The van der Waals surface area contributed by atoms with Crippen LogP contribution in [0, 0.1) is 5.82 Å². The Morgan fingerprint density at radius 2 is 1.97 bits per heavy atom. The smallest absolute Gasteiger partial charge is 0.384 e. The summed E-state index contributed by atoms with van der Waals surface area (Å²) >= 11 is 0. The number of benzene rings is 2. The summed E-state index contributed by atoms with van der Waals surface area (Å²) in [6, 6.07) is 8.17. The fourth-order valence-electron chi connectivity index (χ4n) is 4.07. The Morgan fingerprint density at radius 1 is 1.17 bits per heavy atom. The number of imidazole rings is 1. The molecule has 0 unspecified atom stereocenters. The summed E-state index contributed by atoms with van der Waals surface area (Å²) in [7, 11) is 1.87. The molecule has 0 spiro atoms. The van der Waals surface area contributed by atoms with Crippen molar-refractivity contribution in [1.29, 1.82) is 0 Å². The monoisotopic (exact) mass is 407 g/mol. The second-order valence-electron chi connectivity index (χ2n) is 7.75. The number of halogens is 4. The average molecular weight is 407 g/mol. The molecule has 8 heteroatoms. The predicted molar refractivity (Wildman–Crippen MR) is 101 cm³/mol. The van der Waals surface area contributed by atoms with Crippen molar-refractivity contribution in [2.24, 2.45) is 7.05 Å². The van der Waals surface area contributed by atoms with Gasteiger partial charge in [0.15, 0.2) is 0 Å². The maximum Gasteiger partial charge on any atom is 0.416 e. The number of fused-ring (bicyclic) bond motifs is 1.